The number of halogens is 6. The molecule has 0 unspecified atom stereocenters. The lowest BCUT2D eigenvalue weighted by atomic mass is 9.96. The van der Waals surface area contributed by atoms with Crippen LogP contribution in [0.25, 0.3) is 0 Å². The molecule has 0 aromatic heterocycles. The number of amides is 8. The Hall–Kier alpha value is -7.06. The molecular formula is C41H66F6N12O15. The van der Waals surface area contributed by atoms with Crippen molar-refractivity contribution in [2.45, 2.75) is 147 Å². The van der Waals surface area contributed by atoms with Crippen molar-refractivity contribution in [1.29, 1.82) is 0 Å². The molecule has 0 rings (SSSR count). The first kappa shape index (κ1) is 66.9. The van der Waals surface area contributed by atoms with E-state index in [0.29, 0.717) is 6.92 Å². The van der Waals surface area contributed by atoms with Crippen LogP contribution >= 0.6 is 0 Å². The van der Waals surface area contributed by atoms with Gasteiger partial charge in [-0.25, -0.2) is 14.4 Å². The van der Waals surface area contributed by atoms with Crippen LogP contribution in [0.3, 0.4) is 0 Å². The molecule has 0 aromatic carbocycles. The van der Waals surface area contributed by atoms with Gasteiger partial charge in [0.1, 0.15) is 49.0 Å². The Labute approximate surface area is 419 Å². The zero-order valence-electron chi connectivity index (χ0n) is 41.3. The lowest BCUT2D eigenvalue weighted by Gasteiger charge is -2.30. The average molecular weight is 1080 g/mol. The van der Waals surface area contributed by atoms with Gasteiger partial charge in [0.05, 0.1) is 19.1 Å². The predicted octanol–water partition coefficient (Wildman–Crippen LogP) is -3.94. The fourth-order valence-corrected chi connectivity index (χ4v) is 6.10. The van der Waals surface area contributed by atoms with Crippen molar-refractivity contribution in [3.8, 4) is 0 Å². The quantitative estimate of drug-likeness (QED) is 0.0104. The van der Waals surface area contributed by atoms with Crippen LogP contribution in [0.2, 0.25) is 0 Å². The third-order valence-corrected chi connectivity index (χ3v) is 10.3. The Morgan fingerprint density at radius 2 is 1.16 bits per heavy atom. The van der Waals surface area contributed by atoms with Crippen LogP contribution in [0, 0.1) is 17.8 Å². The molecular weight excluding hydrogens is 1010 g/mol. The van der Waals surface area contributed by atoms with Gasteiger partial charge in [-0.05, 0) is 43.9 Å². The molecule has 33 heteroatoms. The van der Waals surface area contributed by atoms with E-state index in [2.05, 4.69) is 35.7 Å². The molecule has 0 aliphatic heterocycles. The summed E-state index contributed by atoms with van der Waals surface area (Å²) >= 11 is 0. The van der Waals surface area contributed by atoms with Crippen LogP contribution in [0.4, 0.5) is 26.3 Å². The SMILES string of the molecule is CC[C@H](C)[C@H](NC(=O)[C@@H](CCCN=C(N)N)NC(=O)[C@H](CC(C)C)NC(=O)[C@@H](N)[C@H](O)C(C)C)C(=O)N[C@H](C(=O)NCC(=O)N[C@@H](CC(N)=O)C(=O)N[C@@H](COC(=O)C(F)(F)F)C(=O)O)[C@H](C)OC(=O)C(F)(F)F. The van der Waals surface area contributed by atoms with Crippen LogP contribution in [0.1, 0.15) is 80.6 Å². The van der Waals surface area contributed by atoms with Crippen LogP contribution in [0.15, 0.2) is 4.99 Å². The van der Waals surface area contributed by atoms with Gasteiger partial charge in [-0.1, -0.05) is 48.0 Å². The van der Waals surface area contributed by atoms with E-state index in [-0.39, 0.29) is 44.1 Å². The van der Waals surface area contributed by atoms with E-state index in [1.807, 2.05) is 10.6 Å². The summed E-state index contributed by atoms with van der Waals surface area (Å²) in [6.07, 6.45) is -16.0. The monoisotopic (exact) mass is 1080 g/mol. The number of ether oxygens (including phenoxy) is 2. The van der Waals surface area contributed by atoms with Crippen LogP contribution in [0.5, 0.6) is 0 Å². The molecule has 0 saturated carbocycles. The number of hydrogen-bond acceptors (Lipinski definition) is 16. The number of carbonyl (C=O) groups is 11. The largest absolute Gasteiger partial charge is 0.490 e. The second kappa shape index (κ2) is 30.9. The maximum absolute atomic E-state index is 14.1. The summed E-state index contributed by atoms with van der Waals surface area (Å²) in [5.74, 6) is -19.8. The van der Waals surface area contributed by atoms with Crippen LogP contribution < -0.4 is 60.2 Å². The van der Waals surface area contributed by atoms with Crippen molar-refractivity contribution in [3.63, 3.8) is 0 Å². The first-order valence-corrected chi connectivity index (χ1v) is 22.6. The highest BCUT2D eigenvalue weighted by molar-refractivity contribution is 5.98. The molecule has 0 spiro atoms. The number of aliphatic carboxylic acids is 1. The second-order valence-corrected chi connectivity index (χ2v) is 17.4. The van der Waals surface area contributed by atoms with Gasteiger partial charge in [-0.15, -0.1) is 0 Å². The fourth-order valence-electron chi connectivity index (χ4n) is 6.10. The van der Waals surface area contributed by atoms with E-state index in [0.717, 1.165) is 0 Å². The zero-order valence-corrected chi connectivity index (χ0v) is 41.3. The molecule has 27 nitrogen and oxygen atoms in total. The number of carboxylic acid groups (broad SMARTS) is 1. The van der Waals surface area contributed by atoms with E-state index < -0.39 is 163 Å². The Balaban J connectivity index is 6.81. The van der Waals surface area contributed by atoms with E-state index in [1.165, 1.54) is 6.92 Å². The Bertz CT molecular complexity index is 2020. The number of hydrogen-bond donors (Lipinski definition) is 13. The number of nitrogens with two attached hydrogens (primary N) is 4. The number of alkyl halides is 6. The standard InChI is InChI=1S/C41H66F6N12O15/c1-8-18(6)27(58-30(63)20(10-9-11-52-39(50)51)55-31(64)21(12-16(2)3)56-33(66)26(49)29(62)17(4)5)35(68)59-28(19(7)74-38(72)41(45,46)47)34(67)53-14-25(61)54-22(13-24(48)60)32(65)57-23(36(69)70)15-73-37(71)40(42,43)44/h16-23,26-29,62H,8-15,49H2,1-7H3,(H2,48,60)(H,53,67)(H,54,61)(H,55,64)(H,56,66)(H,57,65)(H,58,63)(H,59,68)(H,69,70)(H4,50,51,52)/t18-,19-,20+,21-,22-,23-,26-,27-,28-,29+/m0/s1. The summed E-state index contributed by atoms with van der Waals surface area (Å²) in [6.45, 7) is 7.33. The molecule has 0 saturated heterocycles. The van der Waals surface area contributed by atoms with E-state index in [9.17, 15) is 89.3 Å². The molecule has 10 atom stereocenters. The maximum atomic E-state index is 14.1. The average Bonchev–Trinajstić information content (AvgIpc) is 3.28. The van der Waals surface area contributed by atoms with Crippen molar-refractivity contribution >= 4 is 71.1 Å². The number of nitrogens with zero attached hydrogens (tertiary/aromatic N) is 1. The van der Waals surface area contributed by atoms with E-state index in [4.69, 9.17) is 22.9 Å². The third kappa shape index (κ3) is 24.6. The number of rotatable bonds is 31. The second-order valence-electron chi connectivity index (χ2n) is 17.4. The Morgan fingerprint density at radius 1 is 0.649 bits per heavy atom. The minimum Gasteiger partial charge on any atom is -0.480 e. The van der Waals surface area contributed by atoms with Gasteiger partial charge < -0.3 is 79.8 Å². The smallest absolute Gasteiger partial charge is 0.480 e. The zero-order chi connectivity index (χ0) is 57.6. The number of aliphatic hydroxyl groups is 1. The summed E-state index contributed by atoms with van der Waals surface area (Å²) in [4.78, 5) is 144. The van der Waals surface area contributed by atoms with E-state index in [1.54, 1.807) is 39.9 Å². The Kier molecular flexibility index (Phi) is 27.9. The lowest BCUT2D eigenvalue weighted by Crippen LogP contribution is -2.62. The molecule has 0 heterocycles. The number of nitrogens with one attached hydrogen (secondary N) is 7. The van der Waals surface area contributed by atoms with Crippen molar-refractivity contribution in [1.82, 2.24) is 37.2 Å². The maximum Gasteiger partial charge on any atom is 0.490 e. The first-order chi connectivity index (χ1) is 33.9. The van der Waals surface area contributed by atoms with Gasteiger partial charge >= 0.3 is 30.3 Å². The number of primary amides is 1. The van der Waals surface area contributed by atoms with Crippen LogP contribution in [-0.2, 0) is 62.2 Å². The normalized spacial score (nSPS) is 15.6. The summed E-state index contributed by atoms with van der Waals surface area (Å²) in [7, 11) is 0. The lowest BCUT2D eigenvalue weighted by molar-refractivity contribution is -0.205. The molecule has 0 aromatic rings. The highest BCUT2D eigenvalue weighted by atomic mass is 19.4. The number of guanidine groups is 1. The molecule has 17 N–H and O–H groups in total. The van der Waals surface area contributed by atoms with E-state index >= 15 is 0 Å². The van der Waals surface area contributed by atoms with Gasteiger partial charge in [0.2, 0.25) is 47.3 Å². The molecule has 0 bridgehead atoms. The molecule has 0 radical (unpaired) electrons. The Morgan fingerprint density at radius 3 is 1.65 bits per heavy atom. The minimum atomic E-state index is -5.65. The van der Waals surface area contributed by atoms with Crippen molar-refractivity contribution in [2.24, 2.45) is 45.7 Å². The number of esters is 2. The highest BCUT2D eigenvalue weighted by Crippen LogP contribution is 2.20. The molecule has 0 fully saturated rings. The van der Waals surface area contributed by atoms with Gasteiger partial charge in [0.25, 0.3) is 0 Å². The topological polar surface area (TPSA) is 447 Å². The first-order valence-electron chi connectivity index (χ1n) is 22.6. The number of aliphatic hydroxyl groups excluding tert-OH is 1. The van der Waals surface area contributed by atoms with Crippen molar-refractivity contribution in [3.05, 3.63) is 0 Å². The molecule has 74 heavy (non-hydrogen) atoms. The molecule has 0 aliphatic rings. The molecule has 8 amide bonds. The van der Waals surface area contributed by atoms with Gasteiger partial charge in [-0.2, -0.15) is 26.3 Å². The summed E-state index contributed by atoms with van der Waals surface area (Å²) in [5.41, 5.74) is 21.8. The molecule has 0 aliphatic carbocycles. The number of aliphatic imine (C=N–C) groups is 1. The van der Waals surface area contributed by atoms with Gasteiger partial charge in [0, 0.05) is 6.54 Å². The number of carboxylic acids is 1. The van der Waals surface area contributed by atoms with Crippen molar-refractivity contribution in [2.75, 3.05) is 19.7 Å². The van der Waals surface area contributed by atoms with Crippen molar-refractivity contribution < 1.29 is 98.8 Å². The molecule has 422 valence electrons. The fraction of sp³-hybridized carbons (Fsp3) is 0.707. The number of carbonyl (C=O) groups excluding carboxylic acids is 10. The summed E-state index contributed by atoms with van der Waals surface area (Å²) in [6, 6.07) is -12.9. The summed E-state index contributed by atoms with van der Waals surface area (Å²) < 4.78 is 85.8. The third-order valence-electron chi connectivity index (χ3n) is 10.3. The minimum absolute atomic E-state index is 0.00209. The summed E-state index contributed by atoms with van der Waals surface area (Å²) in [5, 5.41) is 34.5. The predicted molar refractivity (Wildman–Crippen MR) is 242 cm³/mol. The van der Waals surface area contributed by atoms with Crippen LogP contribution in [-0.4, -0.2) is 168 Å². The van der Waals surface area contributed by atoms with Gasteiger partial charge in [-0.3, -0.25) is 43.3 Å². The highest BCUT2D eigenvalue weighted by Gasteiger charge is 2.45. The van der Waals surface area contributed by atoms with Gasteiger partial charge in [0.15, 0.2) is 12.0 Å².